The maximum atomic E-state index is 11.6. The van der Waals surface area contributed by atoms with Gasteiger partial charge in [-0.1, -0.05) is 13.3 Å². The second-order valence-electron chi connectivity index (χ2n) is 3.88. The number of rotatable bonds is 0. The van der Waals surface area contributed by atoms with E-state index in [2.05, 4.69) is 0 Å². The number of hydrogen-bond donors (Lipinski definition) is 0. The van der Waals surface area contributed by atoms with Crippen molar-refractivity contribution in [3.8, 4) is 0 Å². The fraction of sp³-hybridized carbons (Fsp3) is 1.00. The molecular weight excluding hydrogens is 176 g/mol. The summed E-state index contributed by atoms with van der Waals surface area (Å²) >= 11 is 0. The zero-order chi connectivity index (χ0) is 8.82. The van der Waals surface area contributed by atoms with Gasteiger partial charge in [0, 0.05) is 0 Å². The van der Waals surface area contributed by atoms with Crippen molar-refractivity contribution in [2.24, 2.45) is 5.92 Å². The Labute approximate surface area is 73.2 Å². The molecule has 70 valence electrons. The van der Waals surface area contributed by atoms with E-state index in [-0.39, 0.29) is 5.92 Å². The lowest BCUT2D eigenvalue weighted by Gasteiger charge is -2.24. The summed E-state index contributed by atoms with van der Waals surface area (Å²) in [5.74, 6) is 0.282. The highest BCUT2D eigenvalue weighted by Crippen LogP contribution is 2.47. The fourth-order valence-electron chi connectivity index (χ4n) is 2.53. The van der Waals surface area contributed by atoms with Gasteiger partial charge in [-0.2, -0.15) is 8.42 Å². The Morgan fingerprint density at radius 1 is 1.42 bits per heavy atom. The van der Waals surface area contributed by atoms with Gasteiger partial charge in [0.15, 0.2) is 0 Å². The second-order valence-corrected chi connectivity index (χ2v) is 5.84. The first kappa shape index (κ1) is 8.51. The Morgan fingerprint density at radius 2 is 2.17 bits per heavy atom. The lowest BCUT2D eigenvalue weighted by Crippen LogP contribution is -2.36. The van der Waals surface area contributed by atoms with Crippen LogP contribution in [0.15, 0.2) is 0 Å². The molecule has 0 amide bonds. The monoisotopic (exact) mass is 190 g/mol. The molecule has 1 aliphatic heterocycles. The average molecular weight is 190 g/mol. The van der Waals surface area contributed by atoms with Gasteiger partial charge in [-0.25, -0.2) is 0 Å². The smallest absolute Gasteiger partial charge is 0.270 e. The molecular formula is C8H14O3S. The van der Waals surface area contributed by atoms with Crippen molar-refractivity contribution in [1.82, 2.24) is 0 Å². The third-order valence-electron chi connectivity index (χ3n) is 3.40. The van der Waals surface area contributed by atoms with Crippen LogP contribution in [0.3, 0.4) is 0 Å². The van der Waals surface area contributed by atoms with Crippen LogP contribution in [0.2, 0.25) is 0 Å². The van der Waals surface area contributed by atoms with Gasteiger partial charge in [0.2, 0.25) is 0 Å². The van der Waals surface area contributed by atoms with Gasteiger partial charge in [-0.15, -0.1) is 0 Å². The fourth-order valence-corrected chi connectivity index (χ4v) is 4.40. The van der Waals surface area contributed by atoms with Crippen LogP contribution in [-0.2, 0) is 14.3 Å². The molecule has 1 saturated carbocycles. The summed E-state index contributed by atoms with van der Waals surface area (Å²) in [5.41, 5.74) is 0. The molecule has 2 fully saturated rings. The van der Waals surface area contributed by atoms with Crippen LogP contribution < -0.4 is 0 Å². The predicted molar refractivity (Wildman–Crippen MR) is 45.2 cm³/mol. The maximum absolute atomic E-state index is 11.6. The van der Waals surface area contributed by atoms with Crippen molar-refractivity contribution < 1.29 is 12.6 Å². The molecule has 4 heteroatoms. The molecule has 2 unspecified atom stereocenters. The van der Waals surface area contributed by atoms with E-state index in [1.54, 1.807) is 0 Å². The average Bonchev–Trinajstić information content (AvgIpc) is 2.45. The zero-order valence-electron chi connectivity index (χ0n) is 7.25. The molecule has 0 bridgehead atoms. The van der Waals surface area contributed by atoms with Gasteiger partial charge in [0.25, 0.3) is 10.1 Å². The topological polar surface area (TPSA) is 43.4 Å². The molecule has 2 atom stereocenters. The molecule has 0 aromatic heterocycles. The largest absolute Gasteiger partial charge is 0.273 e. The molecule has 12 heavy (non-hydrogen) atoms. The van der Waals surface area contributed by atoms with Crippen molar-refractivity contribution in [2.45, 2.75) is 37.4 Å². The third kappa shape index (κ3) is 0.879. The van der Waals surface area contributed by atoms with Crippen LogP contribution in [0, 0.1) is 5.92 Å². The molecule has 1 aliphatic carbocycles. The third-order valence-corrected chi connectivity index (χ3v) is 5.68. The van der Waals surface area contributed by atoms with Gasteiger partial charge in [-0.3, -0.25) is 4.18 Å². The van der Waals surface area contributed by atoms with Gasteiger partial charge < -0.3 is 0 Å². The van der Waals surface area contributed by atoms with E-state index in [0.29, 0.717) is 13.0 Å². The summed E-state index contributed by atoms with van der Waals surface area (Å²) in [4.78, 5) is 0. The van der Waals surface area contributed by atoms with E-state index in [4.69, 9.17) is 4.18 Å². The highest BCUT2D eigenvalue weighted by atomic mass is 32.2. The van der Waals surface area contributed by atoms with E-state index in [1.165, 1.54) is 0 Å². The molecule has 0 aromatic carbocycles. The summed E-state index contributed by atoms with van der Waals surface area (Å²) in [7, 11) is -3.24. The Morgan fingerprint density at radius 3 is 2.58 bits per heavy atom. The molecule has 3 nitrogen and oxygen atoms in total. The van der Waals surface area contributed by atoms with Crippen LogP contribution in [0.1, 0.15) is 32.6 Å². The first-order valence-corrected chi connectivity index (χ1v) is 5.88. The molecule has 0 N–H and O–H groups in total. The maximum Gasteiger partial charge on any atom is 0.273 e. The van der Waals surface area contributed by atoms with Crippen LogP contribution in [0.4, 0.5) is 0 Å². The summed E-state index contributed by atoms with van der Waals surface area (Å²) in [6, 6.07) is 0. The normalized spacial score (nSPS) is 45.6. The summed E-state index contributed by atoms with van der Waals surface area (Å²) in [5, 5.41) is 0. The standard InChI is InChI=1S/C8H14O3S/c1-7-3-2-4-8(7)5-6-11-12(8,9)10/h7H,2-6H2,1H3. The minimum Gasteiger partial charge on any atom is -0.270 e. The van der Waals surface area contributed by atoms with Crippen molar-refractivity contribution in [3.05, 3.63) is 0 Å². The van der Waals surface area contributed by atoms with Crippen molar-refractivity contribution in [2.75, 3.05) is 6.61 Å². The minimum absolute atomic E-state index is 0.282. The summed E-state index contributed by atoms with van der Waals surface area (Å²) in [6.07, 6.45) is 3.57. The lowest BCUT2D eigenvalue weighted by molar-refractivity contribution is 0.353. The number of hydrogen-bond acceptors (Lipinski definition) is 3. The van der Waals surface area contributed by atoms with E-state index >= 15 is 0 Å². The van der Waals surface area contributed by atoms with Crippen molar-refractivity contribution >= 4 is 10.1 Å². The zero-order valence-corrected chi connectivity index (χ0v) is 8.06. The van der Waals surface area contributed by atoms with E-state index in [9.17, 15) is 8.42 Å². The van der Waals surface area contributed by atoms with E-state index in [0.717, 1.165) is 19.3 Å². The van der Waals surface area contributed by atoms with Gasteiger partial charge in [-0.05, 0) is 25.2 Å². The van der Waals surface area contributed by atoms with Crippen LogP contribution in [0.5, 0.6) is 0 Å². The molecule has 0 radical (unpaired) electrons. The minimum atomic E-state index is -3.24. The van der Waals surface area contributed by atoms with Crippen molar-refractivity contribution in [1.29, 1.82) is 0 Å². The first-order chi connectivity index (χ1) is 5.58. The predicted octanol–water partition coefficient (Wildman–Crippen LogP) is 1.30. The quantitative estimate of drug-likeness (QED) is 0.541. The van der Waals surface area contributed by atoms with Gasteiger partial charge >= 0.3 is 0 Å². The Bertz CT molecular complexity index is 279. The molecule has 0 aromatic rings. The molecule has 2 rings (SSSR count). The van der Waals surface area contributed by atoms with Gasteiger partial charge in [0.1, 0.15) is 4.75 Å². The highest BCUT2D eigenvalue weighted by Gasteiger charge is 2.55. The SMILES string of the molecule is CC1CCCC12CCOS2(=O)=O. The van der Waals surface area contributed by atoms with Crippen LogP contribution >= 0.6 is 0 Å². The first-order valence-electron chi connectivity index (χ1n) is 4.47. The molecule has 1 saturated heterocycles. The van der Waals surface area contributed by atoms with Crippen LogP contribution in [0.25, 0.3) is 0 Å². The van der Waals surface area contributed by atoms with Crippen LogP contribution in [-0.4, -0.2) is 19.8 Å². The summed E-state index contributed by atoms with van der Waals surface area (Å²) in [6.45, 7) is 2.42. The highest BCUT2D eigenvalue weighted by molar-refractivity contribution is 7.88. The Kier molecular flexibility index (Phi) is 1.74. The van der Waals surface area contributed by atoms with E-state index < -0.39 is 14.9 Å². The lowest BCUT2D eigenvalue weighted by atomic mass is 9.94. The molecule has 2 aliphatic rings. The second kappa shape index (κ2) is 2.45. The Balaban J connectivity index is 2.42. The molecule has 1 spiro atoms. The van der Waals surface area contributed by atoms with E-state index in [1.807, 2.05) is 6.92 Å². The van der Waals surface area contributed by atoms with Gasteiger partial charge in [0.05, 0.1) is 6.61 Å². The molecule has 1 heterocycles. The Hall–Kier alpha value is -0.0900. The van der Waals surface area contributed by atoms with Crippen molar-refractivity contribution in [3.63, 3.8) is 0 Å². The summed E-state index contributed by atoms with van der Waals surface area (Å²) < 4.78 is 27.5.